The predicted octanol–water partition coefficient (Wildman–Crippen LogP) is 1.26. The van der Waals surface area contributed by atoms with Gasteiger partial charge in [0.1, 0.15) is 0 Å². The second kappa shape index (κ2) is 8.48. The van der Waals surface area contributed by atoms with Gasteiger partial charge in [-0.25, -0.2) is 0 Å². The van der Waals surface area contributed by atoms with E-state index >= 15 is 0 Å². The highest BCUT2D eigenvalue weighted by Gasteiger charge is 2.17. The summed E-state index contributed by atoms with van der Waals surface area (Å²) in [6.07, 6.45) is 4.01. The number of carbonyl (C=O) groups is 1. The highest BCUT2D eigenvalue weighted by Crippen LogP contribution is 2.15. The number of rotatable bonds is 7. The molecule has 1 saturated heterocycles. The van der Waals surface area contributed by atoms with E-state index in [1.807, 2.05) is 0 Å². The molecule has 1 aliphatic rings. The Morgan fingerprint density at radius 1 is 1.41 bits per heavy atom. The molecule has 1 aliphatic heterocycles. The van der Waals surface area contributed by atoms with Crippen molar-refractivity contribution in [3.63, 3.8) is 0 Å². The van der Waals surface area contributed by atoms with E-state index in [1.165, 1.54) is 39.6 Å². The van der Waals surface area contributed by atoms with Crippen LogP contribution in [0, 0.1) is 5.92 Å². The van der Waals surface area contributed by atoms with Gasteiger partial charge in [0.15, 0.2) is 0 Å². The van der Waals surface area contributed by atoms with E-state index in [2.05, 4.69) is 21.9 Å². The number of ether oxygens (including phenoxy) is 1. The summed E-state index contributed by atoms with van der Waals surface area (Å²) >= 11 is 0. The van der Waals surface area contributed by atoms with Crippen LogP contribution in [-0.2, 0) is 9.53 Å². The van der Waals surface area contributed by atoms with Crippen LogP contribution in [0.4, 0.5) is 0 Å². The first kappa shape index (κ1) is 14.5. The molecule has 0 bridgehead atoms. The van der Waals surface area contributed by atoms with Gasteiger partial charge in [0, 0.05) is 6.42 Å². The molecule has 17 heavy (non-hydrogen) atoms. The summed E-state index contributed by atoms with van der Waals surface area (Å²) < 4.78 is 4.60. The number of esters is 1. The van der Waals surface area contributed by atoms with Crippen LogP contribution in [0.1, 0.15) is 32.6 Å². The van der Waals surface area contributed by atoms with Crippen molar-refractivity contribution in [1.82, 2.24) is 10.2 Å². The molecule has 1 heterocycles. The van der Waals surface area contributed by atoms with Gasteiger partial charge >= 0.3 is 5.97 Å². The standard InChI is InChI=1S/C13H26N2O2/c1-3-15-9-6-12(7-10-15)11-14-8-4-5-13(16)17-2/h12,14H,3-11H2,1-2H3. The monoisotopic (exact) mass is 242 g/mol. The SMILES string of the molecule is CCN1CCC(CNCCCC(=O)OC)CC1. The van der Waals surface area contributed by atoms with Gasteiger partial charge in [-0.2, -0.15) is 0 Å². The molecule has 100 valence electrons. The topological polar surface area (TPSA) is 41.6 Å². The minimum Gasteiger partial charge on any atom is -0.469 e. The molecule has 0 amide bonds. The molecule has 0 radical (unpaired) electrons. The van der Waals surface area contributed by atoms with Crippen molar-refractivity contribution >= 4 is 5.97 Å². The maximum absolute atomic E-state index is 10.9. The summed E-state index contributed by atoms with van der Waals surface area (Å²) in [6.45, 7) is 7.91. The van der Waals surface area contributed by atoms with Crippen LogP contribution < -0.4 is 5.32 Å². The Kier molecular flexibility index (Phi) is 7.21. The van der Waals surface area contributed by atoms with Crippen molar-refractivity contribution in [1.29, 1.82) is 0 Å². The Morgan fingerprint density at radius 3 is 2.71 bits per heavy atom. The molecule has 0 unspecified atom stereocenters. The second-order valence-electron chi connectivity index (χ2n) is 4.76. The molecular formula is C13H26N2O2. The Balaban J connectivity index is 1.95. The number of carbonyl (C=O) groups excluding carboxylic acids is 1. The normalized spacial score (nSPS) is 18.2. The van der Waals surface area contributed by atoms with Gasteiger partial charge in [0.2, 0.25) is 0 Å². The number of piperidine rings is 1. The maximum Gasteiger partial charge on any atom is 0.305 e. The molecule has 1 rings (SSSR count). The van der Waals surface area contributed by atoms with E-state index < -0.39 is 0 Å². The van der Waals surface area contributed by atoms with Crippen LogP contribution in [0.5, 0.6) is 0 Å². The van der Waals surface area contributed by atoms with E-state index in [0.29, 0.717) is 6.42 Å². The van der Waals surface area contributed by atoms with Crippen LogP contribution in [0.15, 0.2) is 0 Å². The Bertz CT molecular complexity index is 213. The molecule has 0 spiro atoms. The number of nitrogens with zero attached hydrogens (tertiary/aromatic N) is 1. The Labute approximate surface area is 105 Å². The van der Waals surface area contributed by atoms with Crippen molar-refractivity contribution in [2.75, 3.05) is 39.8 Å². The van der Waals surface area contributed by atoms with Gasteiger partial charge in [-0.1, -0.05) is 6.92 Å². The van der Waals surface area contributed by atoms with Gasteiger partial charge in [-0.3, -0.25) is 4.79 Å². The summed E-state index contributed by atoms with van der Waals surface area (Å²) in [7, 11) is 1.44. The number of methoxy groups -OCH3 is 1. The molecule has 4 heteroatoms. The number of hydrogen-bond acceptors (Lipinski definition) is 4. The lowest BCUT2D eigenvalue weighted by Gasteiger charge is -2.31. The van der Waals surface area contributed by atoms with Gasteiger partial charge in [0.25, 0.3) is 0 Å². The minimum absolute atomic E-state index is 0.108. The molecular weight excluding hydrogens is 216 g/mol. The zero-order valence-electron chi connectivity index (χ0n) is 11.2. The Morgan fingerprint density at radius 2 is 2.12 bits per heavy atom. The summed E-state index contributed by atoms with van der Waals surface area (Å²) in [5, 5.41) is 3.44. The summed E-state index contributed by atoms with van der Waals surface area (Å²) in [5.74, 6) is 0.707. The molecule has 4 nitrogen and oxygen atoms in total. The first-order valence-electron chi connectivity index (χ1n) is 6.76. The fourth-order valence-electron chi connectivity index (χ4n) is 2.27. The largest absolute Gasteiger partial charge is 0.469 e. The van der Waals surface area contributed by atoms with Crippen molar-refractivity contribution in [2.45, 2.75) is 32.6 Å². The van der Waals surface area contributed by atoms with Crippen LogP contribution in [0.2, 0.25) is 0 Å². The lowest BCUT2D eigenvalue weighted by Crippen LogP contribution is -2.37. The smallest absolute Gasteiger partial charge is 0.305 e. The minimum atomic E-state index is -0.108. The zero-order chi connectivity index (χ0) is 12.5. The molecule has 0 aromatic rings. The van der Waals surface area contributed by atoms with E-state index in [9.17, 15) is 4.79 Å². The fraction of sp³-hybridized carbons (Fsp3) is 0.923. The van der Waals surface area contributed by atoms with Crippen LogP contribution in [0.25, 0.3) is 0 Å². The number of nitrogens with one attached hydrogen (secondary N) is 1. The first-order chi connectivity index (χ1) is 8.26. The van der Waals surface area contributed by atoms with Crippen molar-refractivity contribution in [3.05, 3.63) is 0 Å². The van der Waals surface area contributed by atoms with E-state index in [-0.39, 0.29) is 5.97 Å². The van der Waals surface area contributed by atoms with Crippen LogP contribution >= 0.6 is 0 Å². The van der Waals surface area contributed by atoms with E-state index in [1.54, 1.807) is 0 Å². The van der Waals surface area contributed by atoms with Gasteiger partial charge in [-0.05, 0) is 57.9 Å². The lowest BCUT2D eigenvalue weighted by molar-refractivity contribution is -0.140. The quantitative estimate of drug-likeness (QED) is 0.539. The summed E-state index contributed by atoms with van der Waals surface area (Å²) in [4.78, 5) is 13.4. The van der Waals surface area contributed by atoms with E-state index in [4.69, 9.17) is 0 Å². The molecule has 0 aliphatic carbocycles. The highest BCUT2D eigenvalue weighted by molar-refractivity contribution is 5.69. The average Bonchev–Trinajstić information content (AvgIpc) is 2.38. The third kappa shape index (κ3) is 6.03. The summed E-state index contributed by atoms with van der Waals surface area (Å²) in [5.41, 5.74) is 0. The molecule has 0 atom stereocenters. The number of likely N-dealkylation sites (tertiary alicyclic amines) is 1. The molecule has 0 saturated carbocycles. The van der Waals surface area contributed by atoms with Crippen molar-refractivity contribution in [3.8, 4) is 0 Å². The molecule has 1 N–H and O–H groups in total. The van der Waals surface area contributed by atoms with Gasteiger partial charge < -0.3 is 15.0 Å². The van der Waals surface area contributed by atoms with Gasteiger partial charge in [0.05, 0.1) is 7.11 Å². The molecule has 0 aromatic heterocycles. The highest BCUT2D eigenvalue weighted by atomic mass is 16.5. The van der Waals surface area contributed by atoms with Gasteiger partial charge in [-0.15, -0.1) is 0 Å². The predicted molar refractivity (Wildman–Crippen MR) is 69.0 cm³/mol. The molecule has 0 aromatic carbocycles. The molecule has 1 fully saturated rings. The zero-order valence-corrected chi connectivity index (χ0v) is 11.2. The third-order valence-corrected chi connectivity index (χ3v) is 3.55. The maximum atomic E-state index is 10.9. The average molecular weight is 242 g/mol. The van der Waals surface area contributed by atoms with Crippen LogP contribution in [-0.4, -0.2) is 50.7 Å². The number of hydrogen-bond donors (Lipinski definition) is 1. The van der Waals surface area contributed by atoms with Crippen molar-refractivity contribution < 1.29 is 9.53 Å². The fourth-order valence-corrected chi connectivity index (χ4v) is 2.27. The third-order valence-electron chi connectivity index (χ3n) is 3.55. The summed E-state index contributed by atoms with van der Waals surface area (Å²) in [6, 6.07) is 0. The Hall–Kier alpha value is -0.610. The van der Waals surface area contributed by atoms with Crippen LogP contribution in [0.3, 0.4) is 0 Å². The first-order valence-corrected chi connectivity index (χ1v) is 6.76. The lowest BCUT2D eigenvalue weighted by atomic mass is 9.97. The second-order valence-corrected chi connectivity index (χ2v) is 4.76. The van der Waals surface area contributed by atoms with Crippen molar-refractivity contribution in [2.24, 2.45) is 5.92 Å². The van der Waals surface area contributed by atoms with E-state index in [0.717, 1.165) is 25.4 Å².